The zero-order chi connectivity index (χ0) is 15.4. The molecule has 0 aromatic heterocycles. The van der Waals surface area contributed by atoms with E-state index >= 15 is 0 Å². The van der Waals surface area contributed by atoms with Gasteiger partial charge < -0.3 is 15.5 Å². The Balaban J connectivity index is 1.51. The minimum absolute atomic E-state index is 0.0640. The fraction of sp³-hybridized carbons (Fsp3) is 0.529. The molecule has 0 radical (unpaired) electrons. The molecule has 5 nitrogen and oxygen atoms in total. The lowest BCUT2D eigenvalue weighted by atomic mass is 9.96. The maximum atomic E-state index is 12.1. The maximum Gasteiger partial charge on any atom is 0.315 e. The van der Waals surface area contributed by atoms with E-state index in [1.807, 2.05) is 30.3 Å². The summed E-state index contributed by atoms with van der Waals surface area (Å²) in [4.78, 5) is 25.9. The molecule has 2 N–H and O–H groups in total. The summed E-state index contributed by atoms with van der Waals surface area (Å²) in [7, 11) is 0. The van der Waals surface area contributed by atoms with Gasteiger partial charge in [0, 0.05) is 24.7 Å². The zero-order valence-electron chi connectivity index (χ0n) is 12.8. The lowest BCUT2D eigenvalue weighted by Gasteiger charge is -2.24. The summed E-state index contributed by atoms with van der Waals surface area (Å²) in [6, 6.07) is 9.63. The molecular formula is C17H23N3O2. The molecule has 118 valence electrons. The van der Waals surface area contributed by atoms with E-state index < -0.39 is 0 Å². The van der Waals surface area contributed by atoms with Gasteiger partial charge in [-0.05, 0) is 25.0 Å². The average molecular weight is 301 g/mol. The van der Waals surface area contributed by atoms with Gasteiger partial charge in [-0.2, -0.15) is 0 Å². The Hall–Kier alpha value is -2.04. The first kappa shape index (κ1) is 14.9. The van der Waals surface area contributed by atoms with Crippen molar-refractivity contribution in [3.8, 4) is 0 Å². The highest BCUT2D eigenvalue weighted by molar-refractivity contribution is 5.96. The summed E-state index contributed by atoms with van der Waals surface area (Å²) < 4.78 is 0. The number of amides is 3. The molecule has 3 amide bonds. The molecule has 2 aliphatic rings. The number of rotatable bonds is 3. The molecular weight excluding hydrogens is 278 g/mol. The van der Waals surface area contributed by atoms with Crippen LogP contribution in [-0.2, 0) is 4.79 Å². The van der Waals surface area contributed by atoms with E-state index in [1.165, 1.54) is 19.3 Å². The first-order valence-electron chi connectivity index (χ1n) is 8.15. The maximum absolute atomic E-state index is 12.1. The van der Waals surface area contributed by atoms with Gasteiger partial charge in [0.15, 0.2) is 0 Å². The molecule has 1 aliphatic heterocycles. The van der Waals surface area contributed by atoms with Gasteiger partial charge in [-0.1, -0.05) is 37.5 Å². The summed E-state index contributed by atoms with van der Waals surface area (Å²) in [5.41, 5.74) is 0.893. The van der Waals surface area contributed by atoms with Gasteiger partial charge in [-0.25, -0.2) is 4.79 Å². The molecule has 1 unspecified atom stereocenters. The van der Waals surface area contributed by atoms with Crippen molar-refractivity contribution < 1.29 is 9.59 Å². The van der Waals surface area contributed by atoms with E-state index in [9.17, 15) is 9.59 Å². The monoisotopic (exact) mass is 301 g/mol. The topological polar surface area (TPSA) is 61.4 Å². The molecule has 1 aliphatic carbocycles. The Labute approximate surface area is 131 Å². The van der Waals surface area contributed by atoms with E-state index in [4.69, 9.17) is 0 Å². The van der Waals surface area contributed by atoms with Crippen LogP contribution in [0, 0.1) is 0 Å². The third kappa shape index (κ3) is 3.59. The van der Waals surface area contributed by atoms with Crippen LogP contribution in [0.2, 0.25) is 0 Å². The average Bonchev–Trinajstić information content (AvgIpc) is 2.89. The number of nitrogens with zero attached hydrogens (tertiary/aromatic N) is 1. The second-order valence-corrected chi connectivity index (χ2v) is 6.19. The highest BCUT2D eigenvalue weighted by atomic mass is 16.2. The number of para-hydroxylation sites is 1. The van der Waals surface area contributed by atoms with E-state index in [-0.39, 0.29) is 24.0 Å². The quantitative estimate of drug-likeness (QED) is 0.900. The van der Waals surface area contributed by atoms with Crippen LogP contribution in [0.3, 0.4) is 0 Å². The Bertz CT molecular complexity index is 526. The minimum Gasteiger partial charge on any atom is -0.335 e. The SMILES string of the molecule is O=C(NC1CCCCC1)NC1CC(=O)N(c2ccccc2)C1. The van der Waals surface area contributed by atoms with Crippen LogP contribution in [0.5, 0.6) is 0 Å². The Morgan fingerprint density at radius 3 is 2.41 bits per heavy atom. The second kappa shape index (κ2) is 6.81. The number of carbonyl (C=O) groups excluding carboxylic acids is 2. The van der Waals surface area contributed by atoms with Crippen molar-refractivity contribution in [2.45, 2.75) is 50.6 Å². The highest BCUT2D eigenvalue weighted by Gasteiger charge is 2.31. The summed E-state index contributed by atoms with van der Waals surface area (Å²) in [6.45, 7) is 0.543. The van der Waals surface area contributed by atoms with Crippen molar-refractivity contribution in [2.24, 2.45) is 0 Å². The molecule has 1 aromatic rings. The summed E-state index contributed by atoms with van der Waals surface area (Å²) in [5.74, 6) is 0.0640. The van der Waals surface area contributed by atoms with Crippen molar-refractivity contribution in [3.63, 3.8) is 0 Å². The molecule has 0 spiro atoms. The number of hydrogen-bond acceptors (Lipinski definition) is 2. The van der Waals surface area contributed by atoms with Gasteiger partial charge >= 0.3 is 6.03 Å². The third-order valence-corrected chi connectivity index (χ3v) is 4.47. The summed E-state index contributed by atoms with van der Waals surface area (Å²) >= 11 is 0. The molecule has 22 heavy (non-hydrogen) atoms. The van der Waals surface area contributed by atoms with Crippen molar-refractivity contribution in [3.05, 3.63) is 30.3 Å². The number of carbonyl (C=O) groups is 2. The van der Waals surface area contributed by atoms with Gasteiger partial charge in [-0.3, -0.25) is 4.79 Å². The minimum atomic E-state index is -0.139. The number of urea groups is 1. The molecule has 3 rings (SSSR count). The normalized spacial score (nSPS) is 22.6. The van der Waals surface area contributed by atoms with Gasteiger partial charge in [0.25, 0.3) is 0 Å². The van der Waals surface area contributed by atoms with E-state index in [1.54, 1.807) is 4.90 Å². The van der Waals surface area contributed by atoms with Crippen LogP contribution in [0.1, 0.15) is 38.5 Å². The van der Waals surface area contributed by atoms with E-state index in [0.29, 0.717) is 13.0 Å². The standard InChI is InChI=1S/C17H23N3O2/c21-16-11-14(12-20(16)15-9-5-2-6-10-15)19-17(22)18-13-7-3-1-4-8-13/h2,5-6,9-10,13-14H,1,3-4,7-8,11-12H2,(H2,18,19,22). The number of hydrogen-bond donors (Lipinski definition) is 2. The molecule has 0 bridgehead atoms. The number of benzene rings is 1. The smallest absolute Gasteiger partial charge is 0.315 e. The first-order chi connectivity index (χ1) is 10.7. The largest absolute Gasteiger partial charge is 0.335 e. The Morgan fingerprint density at radius 2 is 1.68 bits per heavy atom. The first-order valence-corrected chi connectivity index (χ1v) is 8.15. The molecule has 1 saturated heterocycles. The van der Waals surface area contributed by atoms with Crippen LogP contribution >= 0.6 is 0 Å². The lowest BCUT2D eigenvalue weighted by Crippen LogP contribution is -2.47. The van der Waals surface area contributed by atoms with Crippen LogP contribution in [0.25, 0.3) is 0 Å². The number of nitrogens with one attached hydrogen (secondary N) is 2. The summed E-state index contributed by atoms with van der Waals surface area (Å²) in [5, 5.41) is 5.98. The number of anilines is 1. The highest BCUT2D eigenvalue weighted by Crippen LogP contribution is 2.21. The van der Waals surface area contributed by atoms with Crippen LogP contribution < -0.4 is 15.5 Å². The summed E-state index contributed by atoms with van der Waals surface area (Å²) in [6.07, 6.45) is 6.14. The second-order valence-electron chi connectivity index (χ2n) is 6.19. The van der Waals surface area contributed by atoms with Gasteiger partial charge in [0.05, 0.1) is 6.04 Å². The zero-order valence-corrected chi connectivity index (χ0v) is 12.8. The van der Waals surface area contributed by atoms with Crippen LogP contribution in [0.15, 0.2) is 30.3 Å². The Kier molecular flexibility index (Phi) is 4.61. The fourth-order valence-electron chi connectivity index (χ4n) is 3.32. The van der Waals surface area contributed by atoms with Crippen molar-refractivity contribution in [1.82, 2.24) is 10.6 Å². The lowest BCUT2D eigenvalue weighted by molar-refractivity contribution is -0.117. The van der Waals surface area contributed by atoms with Gasteiger partial charge in [0.1, 0.15) is 0 Å². The van der Waals surface area contributed by atoms with E-state index in [2.05, 4.69) is 10.6 Å². The van der Waals surface area contributed by atoms with E-state index in [0.717, 1.165) is 18.5 Å². The van der Waals surface area contributed by atoms with Crippen molar-refractivity contribution in [2.75, 3.05) is 11.4 Å². The molecule has 1 aromatic carbocycles. The van der Waals surface area contributed by atoms with Crippen LogP contribution in [0.4, 0.5) is 10.5 Å². The molecule has 1 heterocycles. The molecule has 2 fully saturated rings. The molecule has 1 saturated carbocycles. The van der Waals surface area contributed by atoms with Crippen molar-refractivity contribution >= 4 is 17.6 Å². The predicted octanol–water partition coefficient (Wildman–Crippen LogP) is 2.42. The predicted molar refractivity (Wildman–Crippen MR) is 85.7 cm³/mol. The Morgan fingerprint density at radius 1 is 1.00 bits per heavy atom. The van der Waals surface area contributed by atoms with Gasteiger partial charge in [-0.15, -0.1) is 0 Å². The van der Waals surface area contributed by atoms with Gasteiger partial charge in [0.2, 0.25) is 5.91 Å². The molecule has 5 heteroatoms. The third-order valence-electron chi connectivity index (χ3n) is 4.47. The molecule has 1 atom stereocenters. The van der Waals surface area contributed by atoms with Crippen LogP contribution in [-0.4, -0.2) is 30.6 Å². The fourth-order valence-corrected chi connectivity index (χ4v) is 3.32. The van der Waals surface area contributed by atoms with Crippen molar-refractivity contribution in [1.29, 1.82) is 0 Å².